The van der Waals surface area contributed by atoms with E-state index < -0.39 is 0 Å². The van der Waals surface area contributed by atoms with E-state index >= 15 is 0 Å². The van der Waals surface area contributed by atoms with Crippen LogP contribution in [0.2, 0.25) is 0 Å². The van der Waals surface area contributed by atoms with Crippen LogP contribution >= 0.6 is 15.9 Å². The number of halogens is 1. The highest BCUT2D eigenvalue weighted by Gasteiger charge is 2.15. The molecule has 0 radical (unpaired) electrons. The van der Waals surface area contributed by atoms with Gasteiger partial charge in [-0.1, -0.05) is 64.5 Å². The number of benzene rings is 3. The lowest BCUT2D eigenvalue weighted by Gasteiger charge is -2.13. The van der Waals surface area contributed by atoms with Gasteiger partial charge in [-0.15, -0.1) is 0 Å². The summed E-state index contributed by atoms with van der Waals surface area (Å²) in [6, 6.07) is 22.1. The molecule has 136 valence electrons. The topological polar surface area (TPSA) is 58.2 Å². The van der Waals surface area contributed by atoms with Crippen molar-refractivity contribution in [3.63, 3.8) is 0 Å². The van der Waals surface area contributed by atoms with Gasteiger partial charge in [0.1, 0.15) is 0 Å². The lowest BCUT2D eigenvalue weighted by atomic mass is 10.0. The maximum absolute atomic E-state index is 12.8. The van der Waals surface area contributed by atoms with Crippen molar-refractivity contribution in [2.24, 2.45) is 0 Å². The Morgan fingerprint density at radius 1 is 0.889 bits per heavy atom. The van der Waals surface area contributed by atoms with Gasteiger partial charge in [-0.25, -0.2) is 0 Å². The summed E-state index contributed by atoms with van der Waals surface area (Å²) in [4.78, 5) is 25.1. The lowest BCUT2D eigenvalue weighted by molar-refractivity contribution is -0.114. The maximum Gasteiger partial charge on any atom is 0.243 e. The molecule has 0 aromatic heterocycles. The molecule has 2 N–H and O–H groups in total. The fourth-order valence-electron chi connectivity index (χ4n) is 2.69. The van der Waals surface area contributed by atoms with Crippen molar-refractivity contribution in [1.29, 1.82) is 0 Å². The van der Waals surface area contributed by atoms with Crippen LogP contribution in [0.1, 0.15) is 21.5 Å². The minimum Gasteiger partial charge on any atom is -0.376 e. The Bertz CT molecular complexity index is 971. The molecule has 0 spiro atoms. The van der Waals surface area contributed by atoms with E-state index in [2.05, 4.69) is 26.6 Å². The van der Waals surface area contributed by atoms with Gasteiger partial charge < -0.3 is 10.6 Å². The summed E-state index contributed by atoms with van der Waals surface area (Å²) in [5, 5.41) is 5.95. The number of aryl methyl sites for hydroxylation is 1. The largest absolute Gasteiger partial charge is 0.376 e. The maximum atomic E-state index is 12.8. The Balaban J connectivity index is 1.74. The number of hydrogen-bond acceptors (Lipinski definition) is 3. The van der Waals surface area contributed by atoms with Gasteiger partial charge in [-0.3, -0.25) is 9.59 Å². The normalized spacial score (nSPS) is 10.3. The van der Waals surface area contributed by atoms with Crippen molar-refractivity contribution in [1.82, 2.24) is 0 Å². The van der Waals surface area contributed by atoms with Crippen LogP contribution in [0, 0.1) is 6.92 Å². The fourth-order valence-corrected chi connectivity index (χ4v) is 3.05. The SMILES string of the molecule is Cc1ccccc1NC(=O)CNc1ccc(Br)cc1C(=O)c1ccccc1. The molecule has 1 amide bonds. The van der Waals surface area contributed by atoms with Crippen LogP contribution in [0.25, 0.3) is 0 Å². The predicted molar refractivity (Wildman–Crippen MR) is 112 cm³/mol. The monoisotopic (exact) mass is 422 g/mol. The van der Waals surface area contributed by atoms with Gasteiger partial charge in [0, 0.05) is 27.0 Å². The molecule has 3 rings (SSSR count). The van der Waals surface area contributed by atoms with Crippen molar-refractivity contribution in [3.05, 3.63) is 94.0 Å². The van der Waals surface area contributed by atoms with Gasteiger partial charge in [0.2, 0.25) is 5.91 Å². The molecule has 5 heteroatoms. The molecule has 0 heterocycles. The predicted octanol–water partition coefficient (Wildman–Crippen LogP) is 5.04. The first kappa shape index (κ1) is 18.9. The van der Waals surface area contributed by atoms with Crippen molar-refractivity contribution >= 4 is 39.0 Å². The Morgan fingerprint density at radius 3 is 2.33 bits per heavy atom. The second kappa shape index (κ2) is 8.64. The number of para-hydroxylation sites is 1. The molecule has 0 unspecified atom stereocenters. The second-order valence-corrected chi connectivity index (χ2v) is 7.02. The third kappa shape index (κ3) is 4.83. The second-order valence-electron chi connectivity index (χ2n) is 6.10. The van der Waals surface area contributed by atoms with Crippen LogP contribution in [0.15, 0.2) is 77.3 Å². The third-order valence-electron chi connectivity index (χ3n) is 4.12. The van der Waals surface area contributed by atoms with E-state index in [0.29, 0.717) is 16.8 Å². The Hall–Kier alpha value is -2.92. The van der Waals surface area contributed by atoms with E-state index in [1.807, 2.05) is 55.5 Å². The summed E-state index contributed by atoms with van der Waals surface area (Å²) in [6.45, 7) is 2.00. The number of carbonyl (C=O) groups excluding carboxylic acids is 2. The number of hydrogen-bond donors (Lipinski definition) is 2. The highest BCUT2D eigenvalue weighted by Crippen LogP contribution is 2.24. The molecule has 27 heavy (non-hydrogen) atoms. The Kier molecular flexibility index (Phi) is 6.04. The number of rotatable bonds is 6. The minimum atomic E-state index is -0.176. The van der Waals surface area contributed by atoms with Gasteiger partial charge in [-0.2, -0.15) is 0 Å². The van der Waals surface area contributed by atoms with Crippen LogP contribution < -0.4 is 10.6 Å². The number of anilines is 2. The summed E-state index contributed by atoms with van der Waals surface area (Å²) in [5.41, 5.74) is 3.50. The molecule has 0 saturated carbocycles. The zero-order valence-corrected chi connectivity index (χ0v) is 16.4. The van der Waals surface area contributed by atoms with E-state index in [4.69, 9.17) is 0 Å². The highest BCUT2D eigenvalue weighted by atomic mass is 79.9. The van der Waals surface area contributed by atoms with Crippen molar-refractivity contribution < 1.29 is 9.59 Å². The molecule has 0 bridgehead atoms. The summed E-state index contributed by atoms with van der Waals surface area (Å²) < 4.78 is 0.802. The molecule has 0 aliphatic heterocycles. The first-order valence-corrected chi connectivity index (χ1v) is 9.32. The quantitative estimate of drug-likeness (QED) is 0.547. The van der Waals surface area contributed by atoms with Crippen LogP contribution in [-0.2, 0) is 4.79 Å². The fraction of sp³-hybridized carbons (Fsp3) is 0.0909. The Labute approximate surface area is 166 Å². The van der Waals surface area contributed by atoms with Crippen LogP contribution in [0.4, 0.5) is 11.4 Å². The molecule has 0 fully saturated rings. The zero-order chi connectivity index (χ0) is 19.2. The molecular formula is C22H19BrN2O2. The van der Waals surface area contributed by atoms with Crippen molar-refractivity contribution in [2.45, 2.75) is 6.92 Å². The van der Waals surface area contributed by atoms with Crippen LogP contribution in [0.3, 0.4) is 0 Å². The molecular weight excluding hydrogens is 404 g/mol. The van der Waals surface area contributed by atoms with Crippen molar-refractivity contribution in [3.8, 4) is 0 Å². The number of carbonyl (C=O) groups is 2. The highest BCUT2D eigenvalue weighted by molar-refractivity contribution is 9.10. The molecule has 0 saturated heterocycles. The van der Waals surface area contributed by atoms with Gasteiger partial charge >= 0.3 is 0 Å². The molecule has 3 aromatic carbocycles. The first-order valence-electron chi connectivity index (χ1n) is 8.53. The van der Waals surface area contributed by atoms with E-state index in [0.717, 1.165) is 15.7 Å². The smallest absolute Gasteiger partial charge is 0.243 e. The Morgan fingerprint density at radius 2 is 1.59 bits per heavy atom. The summed E-state index contributed by atoms with van der Waals surface area (Å²) in [5.74, 6) is -0.274. The lowest BCUT2D eigenvalue weighted by Crippen LogP contribution is -2.23. The first-order chi connectivity index (χ1) is 13.0. The van der Waals surface area contributed by atoms with E-state index in [-0.39, 0.29) is 18.2 Å². The molecule has 0 aliphatic carbocycles. The van der Waals surface area contributed by atoms with E-state index in [1.165, 1.54) is 0 Å². The number of amides is 1. The van der Waals surface area contributed by atoms with Crippen LogP contribution in [-0.4, -0.2) is 18.2 Å². The minimum absolute atomic E-state index is 0.0606. The van der Waals surface area contributed by atoms with Crippen molar-refractivity contribution in [2.75, 3.05) is 17.2 Å². The standard InChI is InChI=1S/C22H19BrN2O2/c1-15-7-5-6-10-19(15)25-21(26)14-24-20-12-11-17(23)13-18(20)22(27)16-8-3-2-4-9-16/h2-13,24H,14H2,1H3,(H,25,26). The zero-order valence-electron chi connectivity index (χ0n) is 14.8. The third-order valence-corrected chi connectivity index (χ3v) is 4.61. The summed E-state index contributed by atoms with van der Waals surface area (Å²) in [6.07, 6.45) is 0. The van der Waals surface area contributed by atoms with E-state index in [9.17, 15) is 9.59 Å². The summed E-state index contributed by atoms with van der Waals surface area (Å²) >= 11 is 3.41. The van der Waals surface area contributed by atoms with E-state index in [1.54, 1.807) is 24.3 Å². The molecule has 0 aliphatic rings. The summed E-state index contributed by atoms with van der Waals surface area (Å²) in [7, 11) is 0. The molecule has 4 nitrogen and oxygen atoms in total. The van der Waals surface area contributed by atoms with Gasteiger partial charge in [-0.05, 0) is 36.8 Å². The molecule has 0 atom stereocenters. The number of nitrogens with one attached hydrogen (secondary N) is 2. The molecule has 3 aromatic rings. The average molecular weight is 423 g/mol. The van der Waals surface area contributed by atoms with Gasteiger partial charge in [0.15, 0.2) is 5.78 Å². The van der Waals surface area contributed by atoms with Crippen LogP contribution in [0.5, 0.6) is 0 Å². The van der Waals surface area contributed by atoms with Gasteiger partial charge in [0.25, 0.3) is 0 Å². The van der Waals surface area contributed by atoms with Gasteiger partial charge in [0.05, 0.1) is 6.54 Å². The average Bonchev–Trinajstić information content (AvgIpc) is 2.69. The number of ketones is 1.